The Labute approximate surface area is 203 Å². The number of fused-ring (bicyclic) bond motifs is 1. The van der Waals surface area contributed by atoms with E-state index in [9.17, 15) is 5.11 Å². The fraction of sp³-hybridized carbons (Fsp3) is 0.250. The Balaban J connectivity index is 1.27. The van der Waals surface area contributed by atoms with Crippen LogP contribution in [0.4, 0.5) is 0 Å². The van der Waals surface area contributed by atoms with Crippen molar-refractivity contribution in [3.8, 4) is 23.0 Å². The molecule has 0 amide bonds. The number of rotatable bonds is 3. The zero-order valence-corrected chi connectivity index (χ0v) is 20.1. The number of aromatic nitrogens is 1. The molecule has 4 aromatic rings. The van der Waals surface area contributed by atoms with Crippen molar-refractivity contribution >= 4 is 33.0 Å². The highest BCUT2D eigenvalue weighted by Gasteiger charge is 2.27. The van der Waals surface area contributed by atoms with Crippen LogP contribution in [0.2, 0.25) is 5.02 Å². The molecular formula is C28H25ClN2OS. The lowest BCUT2D eigenvalue weighted by Gasteiger charge is -2.35. The number of nitrogens with zero attached hydrogens (tertiary/aromatic N) is 2. The predicted molar refractivity (Wildman–Crippen MR) is 138 cm³/mol. The molecule has 0 aliphatic carbocycles. The summed E-state index contributed by atoms with van der Waals surface area (Å²) in [6, 6.07) is 20.4. The molecular weight excluding hydrogens is 448 g/mol. The maximum Gasteiger partial charge on any atom is 0.113 e. The van der Waals surface area contributed by atoms with Crippen molar-refractivity contribution in [2.75, 3.05) is 13.1 Å². The highest BCUT2D eigenvalue weighted by atomic mass is 35.5. The van der Waals surface area contributed by atoms with Crippen molar-refractivity contribution in [3.63, 3.8) is 0 Å². The molecule has 0 spiro atoms. The number of hydrogen-bond acceptors (Lipinski definition) is 4. The lowest BCUT2D eigenvalue weighted by molar-refractivity contribution is -0.00706. The first-order chi connectivity index (χ1) is 15.9. The Morgan fingerprint density at radius 3 is 2.48 bits per heavy atom. The molecule has 1 aliphatic rings. The van der Waals surface area contributed by atoms with E-state index in [-0.39, 0.29) is 0 Å². The summed E-state index contributed by atoms with van der Waals surface area (Å²) >= 11 is 7.81. The van der Waals surface area contributed by atoms with Gasteiger partial charge >= 0.3 is 0 Å². The van der Waals surface area contributed by atoms with Gasteiger partial charge in [0, 0.05) is 51.6 Å². The summed E-state index contributed by atoms with van der Waals surface area (Å²) in [5.74, 6) is 6.44. The molecule has 0 unspecified atom stereocenters. The second-order valence-electron chi connectivity index (χ2n) is 8.93. The summed E-state index contributed by atoms with van der Waals surface area (Å²) in [4.78, 5) is 8.30. The van der Waals surface area contributed by atoms with Gasteiger partial charge in [-0.25, -0.2) is 4.98 Å². The van der Waals surface area contributed by atoms with E-state index in [0.717, 1.165) is 59.9 Å². The van der Waals surface area contributed by atoms with Crippen molar-refractivity contribution in [2.24, 2.45) is 0 Å². The van der Waals surface area contributed by atoms with E-state index in [2.05, 4.69) is 46.0 Å². The van der Waals surface area contributed by atoms with Gasteiger partial charge in [-0.2, -0.15) is 0 Å². The van der Waals surface area contributed by atoms with Gasteiger partial charge in [0.25, 0.3) is 0 Å². The van der Waals surface area contributed by atoms with Crippen molar-refractivity contribution in [2.45, 2.75) is 31.9 Å². The van der Waals surface area contributed by atoms with E-state index in [4.69, 9.17) is 11.6 Å². The zero-order valence-electron chi connectivity index (χ0n) is 18.5. The lowest BCUT2D eigenvalue weighted by atomic mass is 9.94. The lowest BCUT2D eigenvalue weighted by Crippen LogP contribution is -2.41. The Kier molecular flexibility index (Phi) is 6.23. The standard InChI is InChI=1S/C28H25ClN2OS/c1-28(32)12-14-31(15-13-28)19-26-17-23-16-20(3-11-27(23)33-26)2-9-25-10-6-22(18-30-25)21-4-7-24(29)8-5-21/h3-8,10-11,16-18,32H,12-15,19H2,1H3. The molecule has 1 aliphatic heterocycles. The molecule has 3 heterocycles. The van der Waals surface area contributed by atoms with Crippen molar-refractivity contribution < 1.29 is 5.11 Å². The fourth-order valence-electron chi connectivity index (χ4n) is 4.08. The molecule has 33 heavy (non-hydrogen) atoms. The van der Waals surface area contributed by atoms with Crippen molar-refractivity contribution in [1.29, 1.82) is 0 Å². The smallest absolute Gasteiger partial charge is 0.113 e. The second-order valence-corrected chi connectivity index (χ2v) is 10.5. The van der Waals surface area contributed by atoms with Gasteiger partial charge in [0.05, 0.1) is 5.60 Å². The Morgan fingerprint density at radius 2 is 1.76 bits per heavy atom. The van der Waals surface area contributed by atoms with E-state index in [1.807, 2.05) is 60.9 Å². The first kappa shape index (κ1) is 22.1. The van der Waals surface area contributed by atoms with Gasteiger partial charge in [0.15, 0.2) is 0 Å². The topological polar surface area (TPSA) is 36.4 Å². The van der Waals surface area contributed by atoms with Crippen LogP contribution in [0.25, 0.3) is 21.2 Å². The van der Waals surface area contributed by atoms with Gasteiger partial charge in [0.2, 0.25) is 0 Å². The van der Waals surface area contributed by atoms with Crippen LogP contribution in [0, 0.1) is 11.8 Å². The molecule has 2 aromatic heterocycles. The highest BCUT2D eigenvalue weighted by molar-refractivity contribution is 7.19. The summed E-state index contributed by atoms with van der Waals surface area (Å²) in [5, 5.41) is 12.1. The van der Waals surface area contributed by atoms with E-state index >= 15 is 0 Å². The van der Waals surface area contributed by atoms with Gasteiger partial charge in [-0.05, 0) is 79.1 Å². The minimum Gasteiger partial charge on any atom is -0.390 e. The van der Waals surface area contributed by atoms with Crippen LogP contribution in [0.1, 0.15) is 35.9 Å². The van der Waals surface area contributed by atoms with Crippen LogP contribution in [0.3, 0.4) is 0 Å². The third-order valence-electron chi connectivity index (χ3n) is 6.16. The summed E-state index contributed by atoms with van der Waals surface area (Å²) < 4.78 is 1.28. The molecule has 0 radical (unpaired) electrons. The average molecular weight is 473 g/mol. The van der Waals surface area contributed by atoms with Crippen LogP contribution in [-0.2, 0) is 6.54 Å². The number of thiophene rings is 1. The van der Waals surface area contributed by atoms with Crippen LogP contribution in [-0.4, -0.2) is 33.7 Å². The van der Waals surface area contributed by atoms with Crippen LogP contribution in [0.5, 0.6) is 0 Å². The van der Waals surface area contributed by atoms with E-state index in [1.54, 1.807) is 0 Å². The molecule has 5 heteroatoms. The molecule has 1 fully saturated rings. The number of piperidine rings is 1. The normalized spacial score (nSPS) is 15.8. The minimum absolute atomic E-state index is 0.505. The van der Waals surface area contributed by atoms with Crippen LogP contribution in [0.15, 0.2) is 66.9 Å². The number of pyridine rings is 1. The van der Waals surface area contributed by atoms with Gasteiger partial charge in [-0.1, -0.05) is 35.7 Å². The molecule has 0 atom stereocenters. The van der Waals surface area contributed by atoms with Crippen LogP contribution < -0.4 is 0 Å². The number of halogens is 1. The quantitative estimate of drug-likeness (QED) is 0.352. The first-order valence-corrected chi connectivity index (χ1v) is 12.3. The maximum atomic E-state index is 10.2. The highest BCUT2D eigenvalue weighted by Crippen LogP contribution is 2.29. The van der Waals surface area contributed by atoms with E-state index in [0.29, 0.717) is 0 Å². The third kappa shape index (κ3) is 5.46. The molecule has 5 rings (SSSR count). The first-order valence-electron chi connectivity index (χ1n) is 11.1. The molecule has 2 aromatic carbocycles. The Morgan fingerprint density at radius 1 is 1.00 bits per heavy atom. The van der Waals surface area contributed by atoms with Crippen molar-refractivity contribution in [1.82, 2.24) is 9.88 Å². The van der Waals surface area contributed by atoms with Crippen molar-refractivity contribution in [3.05, 3.63) is 88.0 Å². The van der Waals surface area contributed by atoms with Gasteiger partial charge in [-0.3, -0.25) is 4.90 Å². The van der Waals surface area contributed by atoms with Crippen LogP contribution >= 0.6 is 22.9 Å². The largest absolute Gasteiger partial charge is 0.390 e. The summed E-state index contributed by atoms with van der Waals surface area (Å²) in [5.41, 5.74) is 3.36. The molecule has 3 nitrogen and oxygen atoms in total. The Hall–Kier alpha value is -2.68. The number of aliphatic hydroxyl groups is 1. The Bertz CT molecular complexity index is 1320. The van der Waals surface area contributed by atoms with E-state index in [1.165, 1.54) is 15.0 Å². The van der Waals surface area contributed by atoms with Gasteiger partial charge in [-0.15, -0.1) is 11.3 Å². The molecule has 166 valence electrons. The predicted octanol–water partition coefficient (Wildman–Crippen LogP) is 6.36. The average Bonchev–Trinajstić information content (AvgIpc) is 3.21. The molecule has 0 saturated carbocycles. The molecule has 0 bridgehead atoms. The third-order valence-corrected chi connectivity index (χ3v) is 7.51. The minimum atomic E-state index is -0.505. The van der Waals surface area contributed by atoms with Gasteiger partial charge < -0.3 is 5.11 Å². The zero-order chi connectivity index (χ0) is 22.8. The summed E-state index contributed by atoms with van der Waals surface area (Å²) in [6.45, 7) is 4.78. The molecule has 1 saturated heterocycles. The maximum absolute atomic E-state index is 10.2. The van der Waals surface area contributed by atoms with E-state index < -0.39 is 5.60 Å². The summed E-state index contributed by atoms with van der Waals surface area (Å²) in [6.07, 6.45) is 3.53. The SMILES string of the molecule is CC1(O)CCN(Cc2cc3cc(C#Cc4ccc(-c5ccc(Cl)cc5)cn4)ccc3s2)CC1. The number of hydrogen-bond donors (Lipinski definition) is 1. The fourth-order valence-corrected chi connectivity index (χ4v) is 5.30. The number of likely N-dealkylation sites (tertiary alicyclic amines) is 1. The summed E-state index contributed by atoms with van der Waals surface area (Å²) in [7, 11) is 0. The second kappa shape index (κ2) is 9.29. The monoisotopic (exact) mass is 472 g/mol. The van der Waals surface area contributed by atoms with Gasteiger partial charge in [0.1, 0.15) is 5.69 Å². The molecule has 1 N–H and O–H groups in total. The number of benzene rings is 2.